The minimum absolute atomic E-state index is 0.0333. The lowest BCUT2D eigenvalue weighted by Gasteiger charge is -2.29. The molecule has 418 valence electrons. The summed E-state index contributed by atoms with van der Waals surface area (Å²) in [5.41, 5.74) is 25.8. The zero-order valence-electron chi connectivity index (χ0n) is 42.7. The van der Waals surface area contributed by atoms with E-state index in [9.17, 15) is 53.4 Å². The fourth-order valence-electron chi connectivity index (χ4n) is 8.02. The highest BCUT2D eigenvalue weighted by molar-refractivity contribution is 8.76. The number of carbonyl (C=O) groups is 9. The van der Waals surface area contributed by atoms with Gasteiger partial charge in [0.1, 0.15) is 48.0 Å². The van der Waals surface area contributed by atoms with Crippen molar-refractivity contribution in [3.63, 3.8) is 0 Å². The van der Waals surface area contributed by atoms with E-state index >= 15 is 0 Å². The summed E-state index contributed by atoms with van der Waals surface area (Å²) in [4.78, 5) is 125. The van der Waals surface area contributed by atoms with Crippen LogP contribution in [0, 0.1) is 0 Å². The maximum Gasteiger partial charge on any atom is 0.248 e. The summed E-state index contributed by atoms with van der Waals surface area (Å²) in [6.07, 6.45) is -1.33. The van der Waals surface area contributed by atoms with Crippen molar-refractivity contribution in [2.45, 2.75) is 106 Å². The molecule has 0 saturated carbocycles. The Kier molecular flexibility index (Phi) is 24.2. The van der Waals surface area contributed by atoms with Gasteiger partial charge in [-0.15, -0.1) is 0 Å². The maximum atomic E-state index is 14.7. The van der Waals surface area contributed by atoms with Gasteiger partial charge in [0.15, 0.2) is 0 Å². The Labute approximate surface area is 463 Å². The maximum absolute atomic E-state index is 14.7. The molecule has 9 amide bonds. The number of hydrogen-bond donors (Lipinski definition) is 13. The van der Waals surface area contributed by atoms with Gasteiger partial charge in [0, 0.05) is 41.4 Å². The molecular formula is C53H66ClN11O11S2. The van der Waals surface area contributed by atoms with Crippen LogP contribution in [0.25, 0.3) is 0 Å². The highest BCUT2D eigenvalue weighted by Crippen LogP contribution is 2.24. The van der Waals surface area contributed by atoms with Crippen molar-refractivity contribution >= 4 is 86.4 Å². The SMILES string of the molecule is C[C@@H](O)[C@@H]1NC(=O)[C@H](CCCCN)NC(=O)[C@@H](Cc2ccc(C(N)=O)cc2)NC(=O)[C@H](Cc2ccccc2)NC(=O)[C@H](NC(=O)[C@@H](N)Cc2ccc(Cl)cc2)CSSC[C@@H](C(=O)NC(Cc2ccc(O)cc2)C(N)=O)NC1=O. The van der Waals surface area contributed by atoms with Gasteiger partial charge in [-0.2, -0.15) is 0 Å². The van der Waals surface area contributed by atoms with Crippen LogP contribution < -0.4 is 60.2 Å². The van der Waals surface area contributed by atoms with Crippen LogP contribution in [0.4, 0.5) is 0 Å². The number of amides is 9. The van der Waals surface area contributed by atoms with Gasteiger partial charge < -0.3 is 70.4 Å². The summed E-state index contributed by atoms with van der Waals surface area (Å²) in [7, 11) is 1.95. The summed E-state index contributed by atoms with van der Waals surface area (Å²) >= 11 is 6.07. The van der Waals surface area contributed by atoms with E-state index in [0.29, 0.717) is 40.1 Å². The number of carbonyl (C=O) groups excluding carboxylic acids is 9. The van der Waals surface area contributed by atoms with Crippen LogP contribution in [0.15, 0.2) is 103 Å². The van der Waals surface area contributed by atoms with Crippen LogP contribution >= 0.6 is 33.2 Å². The molecule has 22 nitrogen and oxygen atoms in total. The molecular weight excluding hydrogens is 1070 g/mol. The molecule has 1 unspecified atom stereocenters. The molecule has 1 aliphatic heterocycles. The number of hydrogen-bond acceptors (Lipinski definition) is 15. The van der Waals surface area contributed by atoms with Crippen molar-refractivity contribution < 1.29 is 53.4 Å². The molecule has 1 saturated heterocycles. The van der Waals surface area contributed by atoms with Crippen LogP contribution in [0.5, 0.6) is 5.75 Å². The lowest BCUT2D eigenvalue weighted by Crippen LogP contribution is -2.62. The van der Waals surface area contributed by atoms with Gasteiger partial charge >= 0.3 is 0 Å². The van der Waals surface area contributed by atoms with E-state index in [1.807, 2.05) is 0 Å². The number of nitrogens with one attached hydrogen (secondary N) is 7. The molecule has 9 atom stereocenters. The Morgan fingerprint density at radius 1 is 0.667 bits per heavy atom. The van der Waals surface area contributed by atoms with Crippen LogP contribution in [0.3, 0.4) is 0 Å². The summed E-state index contributed by atoms with van der Waals surface area (Å²) in [5.74, 6) is -8.39. The molecule has 0 aliphatic carbocycles. The second kappa shape index (κ2) is 30.6. The topological polar surface area (TPSA) is 382 Å². The largest absolute Gasteiger partial charge is 0.508 e. The van der Waals surface area contributed by atoms with Crippen LogP contribution in [-0.4, -0.2) is 136 Å². The van der Waals surface area contributed by atoms with E-state index in [4.69, 9.17) is 34.5 Å². The number of benzene rings is 4. The Balaban J connectivity index is 1.56. The molecule has 4 aromatic rings. The highest BCUT2D eigenvalue weighted by atomic mass is 35.5. The summed E-state index contributed by atoms with van der Waals surface area (Å²) in [6, 6.07) is 15.5. The van der Waals surface area contributed by atoms with Crippen molar-refractivity contribution in [3.8, 4) is 5.75 Å². The molecule has 0 aromatic heterocycles. The average Bonchev–Trinajstić information content (AvgIpc) is 3.41. The lowest BCUT2D eigenvalue weighted by molar-refractivity contribution is -0.136. The summed E-state index contributed by atoms with van der Waals surface area (Å²) in [5, 5.41) is 39.8. The van der Waals surface area contributed by atoms with E-state index in [0.717, 1.165) is 21.6 Å². The molecule has 1 fully saturated rings. The third-order valence-electron chi connectivity index (χ3n) is 12.4. The van der Waals surface area contributed by atoms with E-state index in [-0.39, 0.29) is 61.5 Å². The van der Waals surface area contributed by atoms with Crippen molar-refractivity contribution in [2.24, 2.45) is 22.9 Å². The standard InChI is InChI=1S/C53H66ClN11O11S2/c1-29(66)44-53(76)64-43(51(74)60-39(46(58)69)24-33-14-20-36(67)21-15-33)28-78-77-27-42(63-47(70)37(56)23-31-12-18-35(54)19-13-31)52(75)62-40(25-30-7-3-2-4-8-30)50(73)61-41(26-32-10-16-34(17-11-32)45(57)68)49(72)59-38(48(71)65-44)9-5-6-22-55/h2-4,7-8,10-21,29,37-44,66-67H,5-6,9,22-28,55-56H2,1H3,(H2,57,68)(H2,58,69)(H,59,72)(H,60,74)(H,61,73)(H,62,75)(H,63,70)(H,64,76)(H,65,71)/t29-,37+,38+,39?,40+,41-,42-,43+,44+/m1/s1. The van der Waals surface area contributed by atoms with Crippen LogP contribution in [0.2, 0.25) is 5.02 Å². The van der Waals surface area contributed by atoms with Crippen LogP contribution in [-0.2, 0) is 64.0 Å². The Hall–Kier alpha value is -7.22. The highest BCUT2D eigenvalue weighted by Gasteiger charge is 2.36. The monoisotopic (exact) mass is 1130 g/mol. The Bertz CT molecular complexity index is 2710. The minimum Gasteiger partial charge on any atom is -0.508 e. The summed E-state index contributed by atoms with van der Waals surface area (Å²) < 4.78 is 0. The van der Waals surface area contributed by atoms with Crippen molar-refractivity contribution in [3.05, 3.63) is 136 Å². The second-order valence-corrected chi connectivity index (χ2v) is 21.6. The van der Waals surface area contributed by atoms with Crippen molar-refractivity contribution in [1.29, 1.82) is 0 Å². The van der Waals surface area contributed by atoms with Gasteiger partial charge in [0.25, 0.3) is 0 Å². The number of halogens is 1. The minimum atomic E-state index is -1.74. The van der Waals surface area contributed by atoms with E-state index in [2.05, 4.69) is 37.2 Å². The van der Waals surface area contributed by atoms with E-state index in [1.54, 1.807) is 54.6 Å². The number of aromatic hydroxyl groups is 1. The predicted molar refractivity (Wildman–Crippen MR) is 296 cm³/mol. The normalized spacial score (nSPS) is 21.2. The zero-order valence-corrected chi connectivity index (χ0v) is 45.0. The van der Waals surface area contributed by atoms with Gasteiger partial charge in [-0.25, -0.2) is 0 Å². The predicted octanol–water partition coefficient (Wildman–Crippen LogP) is -0.474. The van der Waals surface area contributed by atoms with Crippen LogP contribution in [0.1, 0.15) is 58.8 Å². The molecule has 1 heterocycles. The third kappa shape index (κ3) is 19.7. The Morgan fingerprint density at radius 3 is 1.79 bits per heavy atom. The number of aliphatic hydroxyl groups excluding tert-OH is 1. The molecule has 0 spiro atoms. The molecule has 17 N–H and O–H groups in total. The Morgan fingerprint density at radius 2 is 1.21 bits per heavy atom. The smallest absolute Gasteiger partial charge is 0.248 e. The number of unbranched alkanes of at least 4 members (excludes halogenated alkanes) is 1. The molecule has 4 aromatic carbocycles. The van der Waals surface area contributed by atoms with Gasteiger partial charge in [0.05, 0.1) is 12.1 Å². The van der Waals surface area contributed by atoms with E-state index in [1.165, 1.54) is 55.5 Å². The first-order chi connectivity index (χ1) is 37.2. The van der Waals surface area contributed by atoms with Gasteiger partial charge in [0.2, 0.25) is 53.2 Å². The molecule has 5 rings (SSSR count). The summed E-state index contributed by atoms with van der Waals surface area (Å²) in [6.45, 7) is 1.44. The fourth-order valence-corrected chi connectivity index (χ4v) is 10.5. The van der Waals surface area contributed by atoms with Gasteiger partial charge in [-0.3, -0.25) is 43.2 Å². The fraction of sp³-hybridized carbons (Fsp3) is 0.377. The number of aliphatic hydroxyl groups is 1. The molecule has 0 radical (unpaired) electrons. The van der Waals surface area contributed by atoms with Gasteiger partial charge in [-0.1, -0.05) is 99.9 Å². The molecule has 0 bridgehead atoms. The first-order valence-electron chi connectivity index (χ1n) is 25.0. The zero-order chi connectivity index (χ0) is 56.9. The molecule has 1 aliphatic rings. The van der Waals surface area contributed by atoms with Crippen molar-refractivity contribution in [1.82, 2.24) is 37.2 Å². The number of primary amides is 2. The number of phenolic OH excluding ortho intramolecular Hbond substituents is 1. The first-order valence-corrected chi connectivity index (χ1v) is 27.8. The molecule has 25 heteroatoms. The number of nitrogens with two attached hydrogens (primary N) is 4. The van der Waals surface area contributed by atoms with E-state index < -0.39 is 108 Å². The number of phenols is 1. The number of rotatable bonds is 19. The lowest BCUT2D eigenvalue weighted by atomic mass is 10.00. The quantitative estimate of drug-likeness (QED) is 0.0417. The van der Waals surface area contributed by atoms with Crippen molar-refractivity contribution in [2.75, 3.05) is 18.1 Å². The second-order valence-electron chi connectivity index (χ2n) is 18.6. The molecule has 78 heavy (non-hydrogen) atoms. The van der Waals surface area contributed by atoms with Gasteiger partial charge in [-0.05, 0) is 97.8 Å². The average molecular weight is 1130 g/mol. The first kappa shape index (κ1) is 61.6. The third-order valence-corrected chi connectivity index (χ3v) is 15.1.